The zero-order valence-electron chi connectivity index (χ0n) is 4.72. The van der Waals surface area contributed by atoms with Gasteiger partial charge >= 0.3 is 0 Å². The summed E-state index contributed by atoms with van der Waals surface area (Å²) in [6, 6.07) is 0. The monoisotopic (exact) mass is 97.1 g/mol. The summed E-state index contributed by atoms with van der Waals surface area (Å²) in [6.45, 7) is 1.23. The first-order chi connectivity index (χ1) is 3.39. The molecule has 0 unspecified atom stereocenters. The van der Waals surface area contributed by atoms with E-state index in [0.717, 1.165) is 0 Å². The van der Waals surface area contributed by atoms with Gasteiger partial charge in [0.2, 0.25) is 0 Å². The van der Waals surface area contributed by atoms with E-state index in [4.69, 9.17) is 0 Å². The Morgan fingerprint density at radius 1 is 1.57 bits per heavy atom. The predicted molar refractivity (Wildman–Crippen MR) is 31.0 cm³/mol. The minimum atomic E-state index is 1.23. The third-order valence-electron chi connectivity index (χ3n) is 1.24. The van der Waals surface area contributed by atoms with Crippen molar-refractivity contribution >= 4 is 0 Å². The Bertz CT molecular complexity index is 76.2. The molecule has 0 radical (unpaired) electrons. The van der Waals surface area contributed by atoms with E-state index >= 15 is 0 Å². The van der Waals surface area contributed by atoms with E-state index in [1.165, 1.54) is 19.4 Å². The summed E-state index contributed by atoms with van der Waals surface area (Å²) < 4.78 is 0. The lowest BCUT2D eigenvalue weighted by molar-refractivity contribution is 0.426. The molecule has 0 spiro atoms. The van der Waals surface area contributed by atoms with Gasteiger partial charge in [-0.2, -0.15) is 0 Å². The van der Waals surface area contributed by atoms with E-state index in [1.54, 1.807) is 0 Å². The van der Waals surface area contributed by atoms with Gasteiger partial charge in [-0.25, -0.2) is 0 Å². The third kappa shape index (κ3) is 1.22. The summed E-state index contributed by atoms with van der Waals surface area (Å²) in [4.78, 5) is 2.21. The average molecular weight is 97.2 g/mol. The minimum Gasteiger partial charge on any atom is -0.381 e. The van der Waals surface area contributed by atoms with Gasteiger partial charge in [-0.3, -0.25) is 0 Å². The second-order valence-corrected chi connectivity index (χ2v) is 2.01. The Hall–Kier alpha value is -0.460. The van der Waals surface area contributed by atoms with E-state index in [-0.39, 0.29) is 0 Å². The molecule has 40 valence electrons. The number of hydrogen-bond donors (Lipinski definition) is 0. The minimum absolute atomic E-state index is 1.23. The first-order valence-corrected chi connectivity index (χ1v) is 2.76. The SMILES string of the molecule is CN1C=CCCC1. The van der Waals surface area contributed by atoms with Gasteiger partial charge in [0.1, 0.15) is 0 Å². The van der Waals surface area contributed by atoms with Gasteiger partial charge in [0.25, 0.3) is 0 Å². The quantitative estimate of drug-likeness (QED) is 0.439. The van der Waals surface area contributed by atoms with Crippen molar-refractivity contribution in [1.82, 2.24) is 4.90 Å². The second-order valence-electron chi connectivity index (χ2n) is 2.01. The molecule has 1 rings (SSSR count). The van der Waals surface area contributed by atoms with E-state index in [2.05, 4.69) is 24.2 Å². The number of rotatable bonds is 0. The van der Waals surface area contributed by atoms with Crippen LogP contribution in [0.3, 0.4) is 0 Å². The van der Waals surface area contributed by atoms with Crippen LogP contribution in [0.25, 0.3) is 0 Å². The van der Waals surface area contributed by atoms with Crippen molar-refractivity contribution in [2.24, 2.45) is 0 Å². The topological polar surface area (TPSA) is 3.24 Å². The number of nitrogens with zero attached hydrogens (tertiary/aromatic N) is 1. The van der Waals surface area contributed by atoms with Gasteiger partial charge in [-0.15, -0.1) is 0 Å². The maximum atomic E-state index is 2.21. The molecule has 0 saturated carbocycles. The highest BCUT2D eigenvalue weighted by atomic mass is 15.1. The molecule has 0 saturated heterocycles. The lowest BCUT2D eigenvalue weighted by atomic mass is 10.2. The standard InChI is InChI=1S/C6H11N/c1-7-5-3-2-4-6-7/h3,5H,2,4,6H2,1H3. The van der Waals surface area contributed by atoms with Crippen molar-refractivity contribution in [1.29, 1.82) is 0 Å². The first-order valence-electron chi connectivity index (χ1n) is 2.76. The molecule has 1 aliphatic rings. The molecular weight excluding hydrogens is 86.1 g/mol. The molecule has 1 heterocycles. The Kier molecular flexibility index (Phi) is 1.35. The van der Waals surface area contributed by atoms with Crippen molar-refractivity contribution in [3.63, 3.8) is 0 Å². The van der Waals surface area contributed by atoms with Crippen molar-refractivity contribution < 1.29 is 0 Å². The molecule has 0 atom stereocenters. The fraction of sp³-hybridized carbons (Fsp3) is 0.667. The number of allylic oxidation sites excluding steroid dienone is 1. The first kappa shape index (κ1) is 4.69. The van der Waals surface area contributed by atoms with Crippen LogP contribution in [0.1, 0.15) is 12.8 Å². The van der Waals surface area contributed by atoms with Crippen LogP contribution >= 0.6 is 0 Å². The summed E-state index contributed by atoms with van der Waals surface area (Å²) in [5.74, 6) is 0. The fourth-order valence-electron chi connectivity index (χ4n) is 0.788. The highest BCUT2D eigenvalue weighted by Gasteiger charge is 1.93. The molecule has 0 N–H and O–H groups in total. The highest BCUT2D eigenvalue weighted by Crippen LogP contribution is 2.00. The van der Waals surface area contributed by atoms with Gasteiger partial charge in [0.05, 0.1) is 0 Å². The van der Waals surface area contributed by atoms with Crippen LogP contribution in [0, 0.1) is 0 Å². The molecule has 0 aromatic heterocycles. The van der Waals surface area contributed by atoms with Crippen LogP contribution < -0.4 is 0 Å². The molecule has 0 aromatic rings. The molecule has 1 aliphatic heterocycles. The van der Waals surface area contributed by atoms with E-state index < -0.39 is 0 Å². The zero-order chi connectivity index (χ0) is 5.11. The lowest BCUT2D eigenvalue weighted by Gasteiger charge is -2.16. The van der Waals surface area contributed by atoms with Crippen LogP contribution in [0.2, 0.25) is 0 Å². The van der Waals surface area contributed by atoms with Crippen LogP contribution in [0.4, 0.5) is 0 Å². The molecule has 0 aromatic carbocycles. The Morgan fingerprint density at radius 2 is 2.43 bits per heavy atom. The maximum absolute atomic E-state index is 2.21. The summed E-state index contributed by atoms with van der Waals surface area (Å²) >= 11 is 0. The lowest BCUT2D eigenvalue weighted by Crippen LogP contribution is -2.14. The van der Waals surface area contributed by atoms with Crippen LogP contribution in [-0.4, -0.2) is 18.5 Å². The van der Waals surface area contributed by atoms with Crippen LogP contribution in [0.15, 0.2) is 12.3 Å². The summed E-state index contributed by atoms with van der Waals surface area (Å²) in [6.07, 6.45) is 6.95. The summed E-state index contributed by atoms with van der Waals surface area (Å²) in [5.41, 5.74) is 0. The molecule has 0 fully saturated rings. The second kappa shape index (κ2) is 2.01. The Labute approximate surface area is 44.6 Å². The summed E-state index contributed by atoms with van der Waals surface area (Å²) in [5, 5.41) is 0. The third-order valence-corrected chi connectivity index (χ3v) is 1.24. The van der Waals surface area contributed by atoms with Gasteiger partial charge in [-0.05, 0) is 19.0 Å². The van der Waals surface area contributed by atoms with Crippen LogP contribution in [0.5, 0.6) is 0 Å². The molecule has 0 aliphatic carbocycles. The summed E-state index contributed by atoms with van der Waals surface area (Å²) in [7, 11) is 2.11. The van der Waals surface area contributed by atoms with Crippen molar-refractivity contribution in [2.75, 3.05) is 13.6 Å². The van der Waals surface area contributed by atoms with Gasteiger partial charge < -0.3 is 4.90 Å². The Balaban J connectivity index is 2.36. The smallest absolute Gasteiger partial charge is 0.0172 e. The molecular formula is C6H11N. The molecule has 1 heteroatoms. The highest BCUT2D eigenvalue weighted by molar-refractivity contribution is 4.85. The Morgan fingerprint density at radius 3 is 2.71 bits per heavy atom. The normalized spacial score (nSPS) is 20.4. The van der Waals surface area contributed by atoms with Crippen LogP contribution in [-0.2, 0) is 0 Å². The van der Waals surface area contributed by atoms with Crippen molar-refractivity contribution in [3.8, 4) is 0 Å². The van der Waals surface area contributed by atoms with E-state index in [1.807, 2.05) is 0 Å². The fourth-order valence-corrected chi connectivity index (χ4v) is 0.788. The molecule has 0 bridgehead atoms. The molecule has 0 amide bonds. The van der Waals surface area contributed by atoms with Gasteiger partial charge in [-0.1, -0.05) is 6.08 Å². The number of hydrogen-bond acceptors (Lipinski definition) is 1. The maximum Gasteiger partial charge on any atom is 0.0172 e. The van der Waals surface area contributed by atoms with E-state index in [0.29, 0.717) is 0 Å². The van der Waals surface area contributed by atoms with Crippen molar-refractivity contribution in [2.45, 2.75) is 12.8 Å². The van der Waals surface area contributed by atoms with E-state index in [9.17, 15) is 0 Å². The largest absolute Gasteiger partial charge is 0.381 e. The predicted octanol–water partition coefficient (Wildman–Crippen LogP) is 1.23. The zero-order valence-corrected chi connectivity index (χ0v) is 4.72. The van der Waals surface area contributed by atoms with Crippen molar-refractivity contribution in [3.05, 3.63) is 12.3 Å². The average Bonchev–Trinajstić information content (AvgIpc) is 1.69. The van der Waals surface area contributed by atoms with Gasteiger partial charge in [0.15, 0.2) is 0 Å². The van der Waals surface area contributed by atoms with Gasteiger partial charge in [0, 0.05) is 13.6 Å². The molecule has 7 heavy (non-hydrogen) atoms. The molecule has 1 nitrogen and oxygen atoms in total.